The van der Waals surface area contributed by atoms with Crippen LogP contribution in [-0.2, 0) is 9.59 Å². The molecule has 1 fully saturated rings. The summed E-state index contributed by atoms with van der Waals surface area (Å²) in [5.41, 5.74) is 0.902. The second-order valence-corrected chi connectivity index (χ2v) is 6.66. The molecule has 1 heterocycles. The molecule has 1 N–H and O–H groups in total. The SMILES string of the molecule is CC(=O)N1C[C@H](C(=O)NCCC(C)C)[C@H](c2ccc(F)cc2)C1. The first kappa shape index (κ1) is 17.4. The van der Waals surface area contributed by atoms with Gasteiger partial charge in [-0.15, -0.1) is 0 Å². The van der Waals surface area contributed by atoms with Crippen molar-refractivity contribution in [2.75, 3.05) is 19.6 Å². The van der Waals surface area contributed by atoms with Gasteiger partial charge in [-0.05, 0) is 30.0 Å². The number of carbonyl (C=O) groups is 2. The summed E-state index contributed by atoms with van der Waals surface area (Å²) >= 11 is 0. The largest absolute Gasteiger partial charge is 0.356 e. The van der Waals surface area contributed by atoms with E-state index in [1.165, 1.54) is 19.1 Å². The Bertz CT molecular complexity index is 557. The van der Waals surface area contributed by atoms with Crippen LogP contribution >= 0.6 is 0 Å². The number of likely N-dealkylation sites (tertiary alicyclic amines) is 1. The second-order valence-electron chi connectivity index (χ2n) is 6.66. The van der Waals surface area contributed by atoms with E-state index in [2.05, 4.69) is 19.2 Å². The zero-order chi connectivity index (χ0) is 17.0. The van der Waals surface area contributed by atoms with Gasteiger partial charge in [-0.2, -0.15) is 0 Å². The number of halogens is 1. The molecule has 0 aliphatic carbocycles. The summed E-state index contributed by atoms with van der Waals surface area (Å²) in [6, 6.07) is 6.22. The van der Waals surface area contributed by atoms with Crippen molar-refractivity contribution in [2.24, 2.45) is 11.8 Å². The standard InChI is InChI=1S/C18H25FN2O2/c1-12(2)8-9-20-18(23)17-11-21(13(3)22)10-16(17)14-4-6-15(19)7-5-14/h4-7,12,16-17H,8-11H2,1-3H3,(H,20,23)/t16-,17-/m0/s1. The third-order valence-electron chi connectivity index (χ3n) is 4.42. The maximum absolute atomic E-state index is 13.1. The number of amides is 2. The molecule has 23 heavy (non-hydrogen) atoms. The fraction of sp³-hybridized carbons (Fsp3) is 0.556. The van der Waals surface area contributed by atoms with E-state index in [1.54, 1.807) is 17.0 Å². The molecule has 0 unspecified atom stereocenters. The highest BCUT2D eigenvalue weighted by Gasteiger charge is 2.39. The molecule has 1 aliphatic heterocycles. The van der Waals surface area contributed by atoms with Gasteiger partial charge in [0.25, 0.3) is 0 Å². The fourth-order valence-corrected chi connectivity index (χ4v) is 2.99. The lowest BCUT2D eigenvalue weighted by Crippen LogP contribution is -2.36. The molecule has 2 rings (SSSR count). The Labute approximate surface area is 137 Å². The molecule has 0 spiro atoms. The molecule has 1 saturated heterocycles. The summed E-state index contributed by atoms with van der Waals surface area (Å²) < 4.78 is 13.1. The third kappa shape index (κ3) is 4.53. The van der Waals surface area contributed by atoms with Crippen molar-refractivity contribution in [1.29, 1.82) is 0 Å². The van der Waals surface area contributed by atoms with Crippen molar-refractivity contribution in [3.05, 3.63) is 35.6 Å². The second kappa shape index (κ2) is 7.57. The molecule has 0 saturated carbocycles. The van der Waals surface area contributed by atoms with Gasteiger partial charge in [0.2, 0.25) is 11.8 Å². The maximum Gasteiger partial charge on any atom is 0.225 e. The first-order chi connectivity index (χ1) is 10.9. The number of hydrogen-bond acceptors (Lipinski definition) is 2. The summed E-state index contributed by atoms with van der Waals surface area (Å²) in [6.07, 6.45) is 0.927. The molecule has 1 aliphatic rings. The van der Waals surface area contributed by atoms with Gasteiger partial charge in [-0.3, -0.25) is 9.59 Å². The highest BCUT2D eigenvalue weighted by molar-refractivity contribution is 5.82. The summed E-state index contributed by atoms with van der Waals surface area (Å²) in [5.74, 6) is -0.193. The molecule has 2 atom stereocenters. The van der Waals surface area contributed by atoms with E-state index in [0.717, 1.165) is 12.0 Å². The predicted molar refractivity (Wildman–Crippen MR) is 87.3 cm³/mol. The first-order valence-corrected chi connectivity index (χ1v) is 8.17. The quantitative estimate of drug-likeness (QED) is 0.906. The molecule has 0 aromatic heterocycles. The van der Waals surface area contributed by atoms with Crippen LogP contribution in [0.3, 0.4) is 0 Å². The Hall–Kier alpha value is -1.91. The zero-order valence-electron chi connectivity index (χ0n) is 14.0. The highest BCUT2D eigenvalue weighted by Crippen LogP contribution is 2.33. The van der Waals surface area contributed by atoms with Gasteiger partial charge in [0.1, 0.15) is 5.82 Å². The van der Waals surface area contributed by atoms with Crippen LogP contribution in [0.4, 0.5) is 4.39 Å². The normalized spacial score (nSPS) is 20.8. The summed E-state index contributed by atoms with van der Waals surface area (Å²) in [7, 11) is 0. The first-order valence-electron chi connectivity index (χ1n) is 8.17. The van der Waals surface area contributed by atoms with E-state index in [9.17, 15) is 14.0 Å². The Kier molecular flexibility index (Phi) is 5.74. The predicted octanol–water partition coefficient (Wildman–Crippen LogP) is 2.55. The van der Waals surface area contributed by atoms with Gasteiger partial charge < -0.3 is 10.2 Å². The van der Waals surface area contributed by atoms with Gasteiger partial charge in [0, 0.05) is 32.5 Å². The molecule has 5 heteroatoms. The molecular weight excluding hydrogens is 295 g/mol. The molecule has 0 radical (unpaired) electrons. The van der Waals surface area contributed by atoms with Gasteiger partial charge >= 0.3 is 0 Å². The van der Waals surface area contributed by atoms with Crippen molar-refractivity contribution in [2.45, 2.75) is 33.1 Å². The fourth-order valence-electron chi connectivity index (χ4n) is 2.99. The minimum atomic E-state index is -0.298. The highest BCUT2D eigenvalue weighted by atomic mass is 19.1. The number of carbonyl (C=O) groups excluding carboxylic acids is 2. The molecule has 2 amide bonds. The Morgan fingerprint density at radius 3 is 2.48 bits per heavy atom. The van der Waals surface area contributed by atoms with E-state index in [1.807, 2.05) is 0 Å². The van der Waals surface area contributed by atoms with Crippen molar-refractivity contribution in [3.8, 4) is 0 Å². The molecular formula is C18H25FN2O2. The zero-order valence-corrected chi connectivity index (χ0v) is 14.0. The number of benzene rings is 1. The third-order valence-corrected chi connectivity index (χ3v) is 4.42. The van der Waals surface area contributed by atoms with Crippen LogP contribution in [0, 0.1) is 17.7 Å². The average molecular weight is 320 g/mol. The molecule has 126 valence electrons. The summed E-state index contributed by atoms with van der Waals surface area (Å²) in [4.78, 5) is 25.9. The van der Waals surface area contributed by atoms with Gasteiger partial charge in [0.05, 0.1) is 5.92 Å². The summed E-state index contributed by atoms with van der Waals surface area (Å²) in [6.45, 7) is 7.30. The van der Waals surface area contributed by atoms with Crippen LogP contribution in [0.5, 0.6) is 0 Å². The lowest BCUT2D eigenvalue weighted by Gasteiger charge is -2.18. The number of nitrogens with zero attached hydrogens (tertiary/aromatic N) is 1. The van der Waals surface area contributed by atoms with E-state index in [0.29, 0.717) is 25.6 Å². The van der Waals surface area contributed by atoms with E-state index in [4.69, 9.17) is 0 Å². The van der Waals surface area contributed by atoms with Gasteiger partial charge in [0.15, 0.2) is 0 Å². The molecule has 1 aromatic rings. The van der Waals surface area contributed by atoms with Crippen molar-refractivity contribution in [3.63, 3.8) is 0 Å². The van der Waals surface area contributed by atoms with Crippen LogP contribution in [0.15, 0.2) is 24.3 Å². The molecule has 0 bridgehead atoms. The van der Waals surface area contributed by atoms with Crippen LogP contribution in [0.1, 0.15) is 38.7 Å². The van der Waals surface area contributed by atoms with Gasteiger partial charge in [-0.1, -0.05) is 26.0 Å². The topological polar surface area (TPSA) is 49.4 Å². The Balaban J connectivity index is 2.11. The minimum Gasteiger partial charge on any atom is -0.356 e. The number of hydrogen-bond donors (Lipinski definition) is 1. The molecule has 1 aromatic carbocycles. The van der Waals surface area contributed by atoms with Crippen molar-refractivity contribution in [1.82, 2.24) is 10.2 Å². The summed E-state index contributed by atoms with van der Waals surface area (Å²) in [5, 5.41) is 2.98. The number of nitrogens with one attached hydrogen (secondary N) is 1. The van der Waals surface area contributed by atoms with Crippen LogP contribution in [0.2, 0.25) is 0 Å². The number of rotatable bonds is 5. The Morgan fingerprint density at radius 2 is 1.91 bits per heavy atom. The van der Waals surface area contributed by atoms with Crippen LogP contribution in [-0.4, -0.2) is 36.3 Å². The smallest absolute Gasteiger partial charge is 0.225 e. The van der Waals surface area contributed by atoms with E-state index in [-0.39, 0.29) is 29.5 Å². The van der Waals surface area contributed by atoms with Crippen molar-refractivity contribution >= 4 is 11.8 Å². The molecule has 4 nitrogen and oxygen atoms in total. The van der Waals surface area contributed by atoms with Crippen LogP contribution < -0.4 is 5.32 Å². The monoisotopic (exact) mass is 320 g/mol. The Morgan fingerprint density at radius 1 is 1.26 bits per heavy atom. The van der Waals surface area contributed by atoms with Crippen LogP contribution in [0.25, 0.3) is 0 Å². The lowest BCUT2D eigenvalue weighted by molar-refractivity contribution is -0.128. The minimum absolute atomic E-state index is 0.0243. The van der Waals surface area contributed by atoms with Gasteiger partial charge in [-0.25, -0.2) is 4.39 Å². The van der Waals surface area contributed by atoms with E-state index < -0.39 is 0 Å². The average Bonchev–Trinajstić information content (AvgIpc) is 2.93. The lowest BCUT2D eigenvalue weighted by atomic mass is 9.88. The maximum atomic E-state index is 13.1. The van der Waals surface area contributed by atoms with Crippen molar-refractivity contribution < 1.29 is 14.0 Å². The van der Waals surface area contributed by atoms with E-state index >= 15 is 0 Å².